The predicted octanol–water partition coefficient (Wildman–Crippen LogP) is 3.30. The molecule has 1 N–H and O–H groups in total. The lowest BCUT2D eigenvalue weighted by Crippen LogP contribution is -2.24. The number of rotatable bonds is 5. The Morgan fingerprint density at radius 3 is 2.59 bits per heavy atom. The Hall–Kier alpha value is -2.94. The quantitative estimate of drug-likeness (QED) is 0.689. The number of nitrogens with zero attached hydrogens (tertiary/aromatic N) is 4. The molecule has 0 atom stereocenters. The normalized spacial score (nSPS) is 15.2. The Kier molecular flexibility index (Phi) is 4.57. The van der Waals surface area contributed by atoms with E-state index in [1.807, 2.05) is 27.7 Å². The van der Waals surface area contributed by atoms with Crippen molar-refractivity contribution in [3.63, 3.8) is 0 Å². The fourth-order valence-electron chi connectivity index (χ4n) is 3.26. The van der Waals surface area contributed by atoms with Crippen LogP contribution in [0, 0.1) is 0 Å². The zero-order valence-electron chi connectivity index (χ0n) is 16.7. The van der Waals surface area contributed by atoms with E-state index in [4.69, 9.17) is 4.74 Å². The van der Waals surface area contributed by atoms with Crippen molar-refractivity contribution < 1.29 is 13.2 Å². The first-order valence-corrected chi connectivity index (χ1v) is 10.8. The topological polar surface area (TPSA) is 99.0 Å². The zero-order valence-corrected chi connectivity index (χ0v) is 17.6. The lowest BCUT2D eigenvalue weighted by molar-refractivity contribution is 0.138. The van der Waals surface area contributed by atoms with E-state index in [1.54, 1.807) is 42.7 Å². The van der Waals surface area contributed by atoms with Crippen LogP contribution in [0.2, 0.25) is 0 Å². The summed E-state index contributed by atoms with van der Waals surface area (Å²) in [7, 11) is -3.84. The van der Waals surface area contributed by atoms with Crippen LogP contribution in [0.3, 0.4) is 0 Å². The summed E-state index contributed by atoms with van der Waals surface area (Å²) in [6, 6.07) is 8.31. The van der Waals surface area contributed by atoms with Gasteiger partial charge in [0.2, 0.25) is 0 Å². The van der Waals surface area contributed by atoms with Gasteiger partial charge in [-0.2, -0.15) is 9.78 Å². The molecule has 1 aliphatic heterocycles. The van der Waals surface area contributed by atoms with E-state index in [1.165, 1.54) is 4.68 Å². The summed E-state index contributed by atoms with van der Waals surface area (Å²) in [5, 5.41) is 4.48. The number of fused-ring (bicyclic) bond motifs is 1. The van der Waals surface area contributed by atoms with Crippen LogP contribution in [0.1, 0.15) is 44.9 Å². The Morgan fingerprint density at radius 2 is 1.90 bits per heavy atom. The number of nitrogens with one attached hydrogen (secondary N) is 1. The van der Waals surface area contributed by atoms with Crippen molar-refractivity contribution in [3.05, 3.63) is 54.0 Å². The third-order valence-corrected chi connectivity index (χ3v) is 6.00. The number of anilines is 1. The molecule has 4 rings (SSSR count). The highest BCUT2D eigenvalue weighted by molar-refractivity contribution is 7.92. The molecule has 3 aromatic rings. The molecule has 0 amide bonds. The van der Waals surface area contributed by atoms with Gasteiger partial charge in [0.25, 0.3) is 16.0 Å². The van der Waals surface area contributed by atoms with Gasteiger partial charge in [-0.1, -0.05) is 13.8 Å². The molecule has 0 radical (unpaired) electrons. The second-order valence-electron chi connectivity index (χ2n) is 7.98. The molecule has 8 nitrogen and oxygen atoms in total. The highest BCUT2D eigenvalue weighted by atomic mass is 32.2. The van der Waals surface area contributed by atoms with E-state index >= 15 is 0 Å². The smallest absolute Gasteiger partial charge is 0.263 e. The first kappa shape index (κ1) is 19.4. The second-order valence-corrected chi connectivity index (χ2v) is 9.67. The number of sulfonamides is 1. The lowest BCUT2D eigenvalue weighted by atomic mass is 10.0. The van der Waals surface area contributed by atoms with Crippen molar-refractivity contribution in [1.82, 2.24) is 19.7 Å². The maximum atomic E-state index is 13.1. The van der Waals surface area contributed by atoms with Gasteiger partial charge in [-0.15, -0.1) is 0 Å². The number of ether oxygens (including phenoxy) is 1. The van der Waals surface area contributed by atoms with Crippen LogP contribution in [0.5, 0.6) is 5.75 Å². The molecule has 152 valence electrons. The van der Waals surface area contributed by atoms with Gasteiger partial charge in [-0.3, -0.25) is 4.72 Å². The maximum Gasteiger partial charge on any atom is 0.263 e. The molecule has 9 heteroatoms. The lowest BCUT2D eigenvalue weighted by Gasteiger charge is -2.16. The molecule has 0 aliphatic carbocycles. The standard InChI is InChI=1S/C20H23N5O3S/c1-13(2)16-11-18(25(23-16)19-21-8-5-9-22-19)24-29(26,27)15-6-7-17-14(10-15)12-20(3,4)28-17/h5-11,13,24H,12H2,1-4H3. The summed E-state index contributed by atoms with van der Waals surface area (Å²) in [6.45, 7) is 7.93. The molecule has 0 saturated carbocycles. The van der Waals surface area contributed by atoms with Gasteiger partial charge >= 0.3 is 0 Å². The Bertz CT molecular complexity index is 1150. The van der Waals surface area contributed by atoms with E-state index in [0.717, 1.165) is 17.0 Å². The van der Waals surface area contributed by atoms with Crippen molar-refractivity contribution in [2.45, 2.75) is 50.5 Å². The average molecular weight is 414 g/mol. The Morgan fingerprint density at radius 1 is 1.17 bits per heavy atom. The minimum Gasteiger partial charge on any atom is -0.487 e. The number of benzene rings is 1. The average Bonchev–Trinajstić information content (AvgIpc) is 3.20. The molecule has 0 unspecified atom stereocenters. The highest BCUT2D eigenvalue weighted by Gasteiger charge is 2.31. The molecule has 3 heterocycles. The van der Waals surface area contributed by atoms with Crippen molar-refractivity contribution in [2.24, 2.45) is 0 Å². The Labute approximate surface area is 170 Å². The molecular formula is C20H23N5O3S. The van der Waals surface area contributed by atoms with E-state index in [-0.39, 0.29) is 22.2 Å². The fourth-order valence-corrected chi connectivity index (χ4v) is 4.34. The SMILES string of the molecule is CC(C)c1cc(NS(=O)(=O)c2ccc3c(c2)CC(C)(C)O3)n(-c2ncccn2)n1. The van der Waals surface area contributed by atoms with Crippen molar-refractivity contribution >= 4 is 15.8 Å². The molecule has 2 aromatic heterocycles. The van der Waals surface area contributed by atoms with Crippen molar-refractivity contribution in [2.75, 3.05) is 4.72 Å². The molecule has 0 spiro atoms. The molecular weight excluding hydrogens is 390 g/mol. The maximum absolute atomic E-state index is 13.1. The molecule has 0 bridgehead atoms. The molecule has 1 aliphatic rings. The van der Waals surface area contributed by atoms with Crippen LogP contribution in [-0.4, -0.2) is 33.8 Å². The van der Waals surface area contributed by atoms with E-state index < -0.39 is 10.0 Å². The van der Waals surface area contributed by atoms with Gasteiger partial charge in [0.05, 0.1) is 10.6 Å². The van der Waals surface area contributed by atoms with Crippen LogP contribution < -0.4 is 9.46 Å². The summed E-state index contributed by atoms with van der Waals surface area (Å²) in [6.07, 6.45) is 3.82. The Balaban J connectivity index is 1.71. The number of hydrogen-bond acceptors (Lipinski definition) is 6. The summed E-state index contributed by atoms with van der Waals surface area (Å²) in [5.41, 5.74) is 1.27. The minimum absolute atomic E-state index is 0.114. The van der Waals surface area contributed by atoms with E-state index in [9.17, 15) is 8.42 Å². The summed E-state index contributed by atoms with van der Waals surface area (Å²) < 4.78 is 36.1. The van der Waals surface area contributed by atoms with Gasteiger partial charge in [0, 0.05) is 24.9 Å². The van der Waals surface area contributed by atoms with Crippen molar-refractivity contribution in [1.29, 1.82) is 0 Å². The van der Waals surface area contributed by atoms with Crippen molar-refractivity contribution in [3.8, 4) is 11.7 Å². The van der Waals surface area contributed by atoms with Crippen LogP contribution in [-0.2, 0) is 16.4 Å². The fraction of sp³-hybridized carbons (Fsp3) is 0.350. The third kappa shape index (κ3) is 3.82. The first-order valence-electron chi connectivity index (χ1n) is 9.37. The van der Waals surface area contributed by atoms with Crippen LogP contribution >= 0.6 is 0 Å². The summed E-state index contributed by atoms with van der Waals surface area (Å²) in [5.74, 6) is 1.42. The van der Waals surface area contributed by atoms with Crippen LogP contribution in [0.25, 0.3) is 5.95 Å². The molecule has 0 fully saturated rings. The largest absolute Gasteiger partial charge is 0.487 e. The number of hydrogen-bond donors (Lipinski definition) is 1. The molecule has 1 aromatic carbocycles. The summed E-state index contributed by atoms with van der Waals surface area (Å²) in [4.78, 5) is 8.54. The van der Waals surface area contributed by atoms with Gasteiger partial charge < -0.3 is 4.74 Å². The van der Waals surface area contributed by atoms with Gasteiger partial charge in [0.15, 0.2) is 0 Å². The summed E-state index contributed by atoms with van der Waals surface area (Å²) >= 11 is 0. The van der Waals surface area contributed by atoms with Gasteiger partial charge in [-0.25, -0.2) is 18.4 Å². The minimum atomic E-state index is -3.84. The first-order chi connectivity index (χ1) is 13.6. The van der Waals surface area contributed by atoms with Gasteiger partial charge in [-0.05, 0) is 49.6 Å². The zero-order chi connectivity index (χ0) is 20.8. The van der Waals surface area contributed by atoms with Crippen LogP contribution in [0.15, 0.2) is 47.6 Å². The van der Waals surface area contributed by atoms with Gasteiger partial charge in [0.1, 0.15) is 17.2 Å². The molecule has 0 saturated heterocycles. The number of aromatic nitrogens is 4. The molecule has 29 heavy (non-hydrogen) atoms. The van der Waals surface area contributed by atoms with E-state index in [0.29, 0.717) is 12.4 Å². The highest BCUT2D eigenvalue weighted by Crippen LogP contribution is 2.36. The predicted molar refractivity (Wildman–Crippen MR) is 109 cm³/mol. The van der Waals surface area contributed by atoms with Crippen LogP contribution in [0.4, 0.5) is 5.82 Å². The second kappa shape index (κ2) is 6.84. The monoisotopic (exact) mass is 413 g/mol. The van der Waals surface area contributed by atoms with E-state index in [2.05, 4.69) is 19.8 Å². The third-order valence-electron chi connectivity index (χ3n) is 4.64.